The van der Waals surface area contributed by atoms with Crippen LogP contribution in [0.25, 0.3) is 11.0 Å². The van der Waals surface area contributed by atoms with Crippen LogP contribution in [0.3, 0.4) is 0 Å². The molecule has 3 rings (SSSR count). The Morgan fingerprint density at radius 3 is 2.81 bits per heavy atom. The Bertz CT molecular complexity index is 794. The molecule has 1 aromatic carbocycles. The number of hydrogen-bond acceptors (Lipinski definition) is 2. The van der Waals surface area contributed by atoms with E-state index < -0.39 is 5.82 Å². The molecule has 0 N–H and O–H groups in total. The molecule has 2 aromatic heterocycles. The molecule has 7 heteroatoms. The molecule has 2 heterocycles. The second kappa shape index (κ2) is 5.66. The third-order valence-corrected chi connectivity index (χ3v) is 3.76. The van der Waals surface area contributed by atoms with Gasteiger partial charge in [0.25, 0.3) is 0 Å². The topological polar surface area (TPSA) is 35.6 Å². The number of rotatable bonds is 4. The highest BCUT2D eigenvalue weighted by atomic mass is 35.5. The van der Waals surface area contributed by atoms with Crippen LogP contribution in [0.4, 0.5) is 4.39 Å². The van der Waals surface area contributed by atoms with Crippen molar-refractivity contribution in [3.05, 3.63) is 46.8 Å². The summed E-state index contributed by atoms with van der Waals surface area (Å²) >= 11 is 11.7. The minimum Gasteiger partial charge on any atom is -0.322 e. The SMILES string of the molecule is Cn1ccc(Cn2c(CCCl)nc3cc(Cl)c(F)cc32)n1. The van der Waals surface area contributed by atoms with E-state index in [0.29, 0.717) is 29.9 Å². The third-order valence-electron chi connectivity index (χ3n) is 3.28. The van der Waals surface area contributed by atoms with Gasteiger partial charge in [0.05, 0.1) is 28.3 Å². The maximum Gasteiger partial charge on any atom is 0.144 e. The first kappa shape index (κ1) is 14.4. The average Bonchev–Trinajstić information content (AvgIpc) is 2.97. The molecule has 3 aromatic rings. The summed E-state index contributed by atoms with van der Waals surface area (Å²) in [7, 11) is 1.86. The van der Waals surface area contributed by atoms with Gasteiger partial charge in [-0.3, -0.25) is 4.68 Å². The van der Waals surface area contributed by atoms with Crippen molar-refractivity contribution in [2.75, 3.05) is 5.88 Å². The van der Waals surface area contributed by atoms with E-state index in [1.807, 2.05) is 23.9 Å². The van der Waals surface area contributed by atoms with Crippen molar-refractivity contribution >= 4 is 34.2 Å². The Morgan fingerprint density at radius 2 is 2.14 bits per heavy atom. The molecule has 0 fully saturated rings. The van der Waals surface area contributed by atoms with Crippen molar-refractivity contribution in [1.82, 2.24) is 19.3 Å². The number of halogens is 3. The Balaban J connectivity index is 2.12. The monoisotopic (exact) mass is 326 g/mol. The van der Waals surface area contributed by atoms with E-state index in [2.05, 4.69) is 10.1 Å². The maximum atomic E-state index is 13.7. The van der Waals surface area contributed by atoms with Crippen LogP contribution in [0.15, 0.2) is 24.4 Å². The van der Waals surface area contributed by atoms with E-state index in [1.54, 1.807) is 10.7 Å². The number of nitrogens with zero attached hydrogens (tertiary/aromatic N) is 4. The minimum absolute atomic E-state index is 0.0717. The van der Waals surface area contributed by atoms with Gasteiger partial charge in [0.2, 0.25) is 0 Å². The molecule has 0 spiro atoms. The maximum absolute atomic E-state index is 13.7. The molecule has 0 atom stereocenters. The van der Waals surface area contributed by atoms with Crippen LogP contribution in [0.2, 0.25) is 5.02 Å². The number of fused-ring (bicyclic) bond motifs is 1. The number of alkyl halides is 1. The molecule has 4 nitrogen and oxygen atoms in total. The summed E-state index contributed by atoms with van der Waals surface area (Å²) in [5.74, 6) is 0.790. The summed E-state index contributed by atoms with van der Waals surface area (Å²) in [5.41, 5.74) is 2.24. The average molecular weight is 327 g/mol. The number of imidazole rings is 1. The van der Waals surface area contributed by atoms with E-state index in [-0.39, 0.29) is 5.02 Å². The highest BCUT2D eigenvalue weighted by molar-refractivity contribution is 6.31. The molecule has 110 valence electrons. The Labute approximate surface area is 131 Å². The molecule has 0 aliphatic rings. The Hall–Kier alpha value is -1.59. The minimum atomic E-state index is -0.455. The van der Waals surface area contributed by atoms with Crippen molar-refractivity contribution in [3.8, 4) is 0 Å². The lowest BCUT2D eigenvalue weighted by Crippen LogP contribution is -2.07. The van der Waals surface area contributed by atoms with Crippen molar-refractivity contribution in [2.24, 2.45) is 7.05 Å². The standard InChI is InChI=1S/C14H13Cl2FN4/c1-20-5-3-9(19-20)8-21-13-7-11(17)10(16)6-12(13)18-14(21)2-4-15/h3,5-7H,2,4,8H2,1H3. The molecule has 21 heavy (non-hydrogen) atoms. The zero-order valence-corrected chi connectivity index (χ0v) is 12.9. The molecule has 0 saturated carbocycles. The Morgan fingerprint density at radius 1 is 1.33 bits per heavy atom. The molecular weight excluding hydrogens is 314 g/mol. The van der Waals surface area contributed by atoms with Gasteiger partial charge in [0.1, 0.15) is 11.6 Å². The zero-order valence-electron chi connectivity index (χ0n) is 11.4. The molecule has 0 amide bonds. The smallest absolute Gasteiger partial charge is 0.144 e. The number of aryl methyl sites for hydroxylation is 2. The van der Waals surface area contributed by atoms with E-state index in [9.17, 15) is 4.39 Å². The lowest BCUT2D eigenvalue weighted by atomic mass is 10.3. The first-order valence-corrected chi connectivity index (χ1v) is 7.38. The van der Waals surface area contributed by atoms with Gasteiger partial charge in [-0.05, 0) is 12.1 Å². The number of benzene rings is 1. The number of aromatic nitrogens is 4. The molecular formula is C14H13Cl2FN4. The van der Waals surface area contributed by atoms with Crippen LogP contribution >= 0.6 is 23.2 Å². The Kier molecular flexibility index (Phi) is 3.87. The summed E-state index contributed by atoms with van der Waals surface area (Å²) in [6.07, 6.45) is 2.47. The van der Waals surface area contributed by atoms with Crippen LogP contribution in [-0.4, -0.2) is 25.2 Å². The van der Waals surface area contributed by atoms with E-state index in [0.717, 1.165) is 11.5 Å². The van der Waals surface area contributed by atoms with Crippen LogP contribution in [0.1, 0.15) is 11.5 Å². The zero-order chi connectivity index (χ0) is 15.0. The van der Waals surface area contributed by atoms with E-state index >= 15 is 0 Å². The van der Waals surface area contributed by atoms with Gasteiger partial charge in [-0.25, -0.2) is 9.37 Å². The van der Waals surface area contributed by atoms with Crippen molar-refractivity contribution in [2.45, 2.75) is 13.0 Å². The fourth-order valence-electron chi connectivity index (χ4n) is 2.33. The fraction of sp³-hybridized carbons (Fsp3) is 0.286. The summed E-state index contributed by atoms with van der Waals surface area (Å²) in [6, 6.07) is 4.87. The lowest BCUT2D eigenvalue weighted by molar-refractivity contribution is 0.628. The fourth-order valence-corrected chi connectivity index (χ4v) is 2.66. The van der Waals surface area contributed by atoms with E-state index in [1.165, 1.54) is 6.07 Å². The summed E-state index contributed by atoms with van der Waals surface area (Å²) in [5, 5.41) is 4.42. The second-order valence-electron chi connectivity index (χ2n) is 4.79. The quantitative estimate of drug-likeness (QED) is 0.689. The van der Waals surface area contributed by atoms with Crippen molar-refractivity contribution in [3.63, 3.8) is 0 Å². The predicted molar refractivity (Wildman–Crippen MR) is 81.4 cm³/mol. The van der Waals surface area contributed by atoms with Gasteiger partial charge >= 0.3 is 0 Å². The van der Waals surface area contributed by atoms with Gasteiger partial charge in [-0.15, -0.1) is 11.6 Å². The molecule has 0 saturated heterocycles. The molecule has 0 aliphatic heterocycles. The highest BCUT2D eigenvalue weighted by Gasteiger charge is 2.14. The number of hydrogen-bond donors (Lipinski definition) is 0. The van der Waals surface area contributed by atoms with E-state index in [4.69, 9.17) is 23.2 Å². The summed E-state index contributed by atoms with van der Waals surface area (Å²) in [4.78, 5) is 4.50. The van der Waals surface area contributed by atoms with Crippen LogP contribution in [-0.2, 0) is 20.0 Å². The van der Waals surface area contributed by atoms with Crippen LogP contribution in [0, 0.1) is 5.82 Å². The largest absolute Gasteiger partial charge is 0.322 e. The van der Waals surface area contributed by atoms with Crippen LogP contribution < -0.4 is 0 Å². The highest BCUT2D eigenvalue weighted by Crippen LogP contribution is 2.24. The lowest BCUT2D eigenvalue weighted by Gasteiger charge is -2.06. The molecule has 0 radical (unpaired) electrons. The molecule has 0 unspecified atom stereocenters. The van der Waals surface area contributed by atoms with Gasteiger partial charge < -0.3 is 4.57 Å². The summed E-state index contributed by atoms with van der Waals surface area (Å²) < 4.78 is 17.4. The second-order valence-corrected chi connectivity index (χ2v) is 5.57. The first-order chi connectivity index (χ1) is 10.1. The first-order valence-electron chi connectivity index (χ1n) is 6.47. The van der Waals surface area contributed by atoms with Crippen molar-refractivity contribution < 1.29 is 4.39 Å². The van der Waals surface area contributed by atoms with Crippen LogP contribution in [0.5, 0.6) is 0 Å². The van der Waals surface area contributed by atoms with Gasteiger partial charge in [-0.2, -0.15) is 5.10 Å². The van der Waals surface area contributed by atoms with Crippen molar-refractivity contribution in [1.29, 1.82) is 0 Å². The van der Waals surface area contributed by atoms with Gasteiger partial charge in [-0.1, -0.05) is 11.6 Å². The molecule has 0 aliphatic carbocycles. The van der Waals surface area contributed by atoms with Gasteiger partial charge in [0, 0.05) is 31.6 Å². The normalized spacial score (nSPS) is 11.4. The molecule has 0 bridgehead atoms. The van der Waals surface area contributed by atoms with Gasteiger partial charge in [0.15, 0.2) is 0 Å². The predicted octanol–water partition coefficient (Wildman–Crippen LogP) is 3.39. The summed E-state index contributed by atoms with van der Waals surface area (Å²) in [6.45, 7) is 0.518. The third kappa shape index (κ3) is 2.76.